The molecule has 5 heteroatoms. The topological polar surface area (TPSA) is 72.5 Å². The summed E-state index contributed by atoms with van der Waals surface area (Å²) in [4.78, 5) is 19.5. The molecule has 0 rings (SSSR count). The predicted molar refractivity (Wildman–Crippen MR) is 32.6 cm³/mol. The van der Waals surface area contributed by atoms with Crippen LogP contribution in [-0.4, -0.2) is 17.7 Å². The van der Waals surface area contributed by atoms with Gasteiger partial charge >= 0.3 is 5.91 Å². The number of thiol groups is 1. The smallest absolute Gasteiger partial charge is 0.303 e. The first-order chi connectivity index (χ1) is 3.72. The summed E-state index contributed by atoms with van der Waals surface area (Å²) in [6, 6.07) is -0.837. The molecule has 0 aromatic heterocycles. The Labute approximate surface area is 51.8 Å². The van der Waals surface area contributed by atoms with Crippen LogP contribution in [0.25, 0.3) is 0 Å². The average Bonchev–Trinajstić information content (AvgIpc) is 1.84. The van der Waals surface area contributed by atoms with E-state index in [0.717, 1.165) is 0 Å². The van der Waals surface area contributed by atoms with Gasteiger partial charge in [0.2, 0.25) is 0 Å². The van der Waals surface area contributed by atoms with Crippen LogP contribution < -0.4 is 5.73 Å². The SMILES string of the molecule is NC(CS)C(=O)N=O. The van der Waals surface area contributed by atoms with Gasteiger partial charge in [0.25, 0.3) is 0 Å². The number of rotatable bonds is 2. The van der Waals surface area contributed by atoms with E-state index in [9.17, 15) is 9.70 Å². The van der Waals surface area contributed by atoms with Crippen LogP contribution in [-0.2, 0) is 4.79 Å². The highest BCUT2D eigenvalue weighted by atomic mass is 32.1. The van der Waals surface area contributed by atoms with E-state index < -0.39 is 11.9 Å². The second-order valence-corrected chi connectivity index (χ2v) is 1.58. The van der Waals surface area contributed by atoms with Gasteiger partial charge in [0.05, 0.1) is 6.04 Å². The lowest BCUT2D eigenvalue weighted by molar-refractivity contribution is -0.118. The molecule has 0 aromatic carbocycles. The third-order valence-corrected chi connectivity index (χ3v) is 0.997. The average molecular weight is 134 g/mol. The second kappa shape index (κ2) is 3.57. The van der Waals surface area contributed by atoms with E-state index in [2.05, 4.69) is 17.8 Å². The van der Waals surface area contributed by atoms with Crippen LogP contribution >= 0.6 is 12.6 Å². The molecular formula is C3H6N2O2S. The van der Waals surface area contributed by atoms with Crippen molar-refractivity contribution in [3.8, 4) is 0 Å². The fraction of sp³-hybridized carbons (Fsp3) is 0.667. The molecule has 0 saturated carbocycles. The maximum Gasteiger partial charge on any atom is 0.303 e. The molecule has 0 bridgehead atoms. The lowest BCUT2D eigenvalue weighted by Crippen LogP contribution is -2.30. The van der Waals surface area contributed by atoms with E-state index in [1.807, 2.05) is 0 Å². The van der Waals surface area contributed by atoms with Crippen molar-refractivity contribution < 1.29 is 4.79 Å². The Morgan fingerprint density at radius 1 is 1.88 bits per heavy atom. The lowest BCUT2D eigenvalue weighted by Gasteiger charge is -1.95. The number of carbonyl (C=O) groups is 1. The van der Waals surface area contributed by atoms with Gasteiger partial charge < -0.3 is 5.73 Å². The third-order valence-electron chi connectivity index (χ3n) is 0.604. The molecule has 0 heterocycles. The van der Waals surface area contributed by atoms with Crippen molar-refractivity contribution in [2.24, 2.45) is 10.9 Å². The van der Waals surface area contributed by atoms with Crippen molar-refractivity contribution in [1.29, 1.82) is 0 Å². The zero-order valence-electron chi connectivity index (χ0n) is 4.07. The minimum atomic E-state index is -0.847. The summed E-state index contributed by atoms with van der Waals surface area (Å²) in [7, 11) is 0. The first-order valence-electron chi connectivity index (χ1n) is 1.96. The largest absolute Gasteiger partial charge is 0.319 e. The van der Waals surface area contributed by atoms with E-state index in [0.29, 0.717) is 0 Å². The summed E-state index contributed by atoms with van der Waals surface area (Å²) in [5, 5.41) is 2.10. The highest BCUT2D eigenvalue weighted by Gasteiger charge is 2.09. The Morgan fingerprint density at radius 3 is 2.50 bits per heavy atom. The van der Waals surface area contributed by atoms with Gasteiger partial charge in [-0.3, -0.25) is 4.79 Å². The van der Waals surface area contributed by atoms with Crippen molar-refractivity contribution in [1.82, 2.24) is 0 Å². The maximum atomic E-state index is 10.1. The van der Waals surface area contributed by atoms with Gasteiger partial charge in [-0.15, -0.1) is 4.91 Å². The standard InChI is InChI=1S/C3H6N2O2S/c4-2(1-8)3(6)5-7/h2,8H,1,4H2. The summed E-state index contributed by atoms with van der Waals surface area (Å²) in [6.07, 6.45) is 0. The molecule has 0 aliphatic carbocycles. The molecule has 1 amide bonds. The number of nitrogens with two attached hydrogens (primary N) is 1. The van der Waals surface area contributed by atoms with Crippen molar-refractivity contribution in [2.75, 3.05) is 5.75 Å². The molecule has 0 aromatic rings. The Morgan fingerprint density at radius 2 is 2.38 bits per heavy atom. The summed E-state index contributed by atoms with van der Waals surface area (Å²) in [6.45, 7) is 0. The molecule has 46 valence electrons. The fourth-order valence-corrected chi connectivity index (χ4v) is 0.302. The fourth-order valence-electron chi connectivity index (χ4n) is 0.146. The number of amides is 1. The minimum absolute atomic E-state index is 0.157. The molecule has 0 fully saturated rings. The van der Waals surface area contributed by atoms with Gasteiger partial charge in [-0.25, -0.2) is 0 Å². The molecular weight excluding hydrogens is 128 g/mol. The number of hydrogen-bond acceptors (Lipinski definition) is 4. The van der Waals surface area contributed by atoms with Crippen LogP contribution in [0.5, 0.6) is 0 Å². The molecule has 0 saturated heterocycles. The molecule has 2 N–H and O–H groups in total. The summed E-state index contributed by atoms with van der Waals surface area (Å²) in [5.74, 6) is -0.690. The molecule has 0 spiro atoms. The zero-order valence-corrected chi connectivity index (χ0v) is 4.97. The Bertz CT molecular complexity index is 105. The molecule has 4 nitrogen and oxygen atoms in total. The number of nitroso groups, excluding NO2 is 1. The maximum absolute atomic E-state index is 10.1. The quantitative estimate of drug-likeness (QED) is 0.396. The molecule has 1 atom stereocenters. The normalized spacial score (nSPS) is 12.8. The van der Waals surface area contributed by atoms with Gasteiger partial charge in [-0.2, -0.15) is 12.6 Å². The van der Waals surface area contributed by atoms with Crippen molar-refractivity contribution in [3.05, 3.63) is 4.91 Å². The van der Waals surface area contributed by atoms with Gasteiger partial charge in [-0.1, -0.05) is 0 Å². The molecule has 8 heavy (non-hydrogen) atoms. The van der Waals surface area contributed by atoms with Crippen LogP contribution in [0.4, 0.5) is 0 Å². The zero-order chi connectivity index (χ0) is 6.57. The Balaban J connectivity index is 3.62. The van der Waals surface area contributed by atoms with Gasteiger partial charge in [0.15, 0.2) is 0 Å². The van der Waals surface area contributed by atoms with Gasteiger partial charge in [-0.05, 0) is 0 Å². The highest BCUT2D eigenvalue weighted by Crippen LogP contribution is 1.85. The highest BCUT2D eigenvalue weighted by molar-refractivity contribution is 7.80. The van der Waals surface area contributed by atoms with E-state index in [1.54, 1.807) is 0 Å². The summed E-state index contributed by atoms with van der Waals surface area (Å²) in [5.41, 5.74) is 5.01. The van der Waals surface area contributed by atoms with E-state index in [4.69, 9.17) is 5.73 Å². The first kappa shape index (κ1) is 7.58. The molecule has 0 aliphatic heterocycles. The molecule has 1 unspecified atom stereocenters. The van der Waals surface area contributed by atoms with Crippen molar-refractivity contribution in [3.63, 3.8) is 0 Å². The first-order valence-corrected chi connectivity index (χ1v) is 2.59. The third kappa shape index (κ3) is 2.04. The minimum Gasteiger partial charge on any atom is -0.319 e. The van der Waals surface area contributed by atoms with Crippen LogP contribution in [0.15, 0.2) is 5.18 Å². The Kier molecular flexibility index (Phi) is 3.38. The van der Waals surface area contributed by atoms with E-state index in [-0.39, 0.29) is 5.75 Å². The predicted octanol–water partition coefficient (Wildman–Crippen LogP) is -0.464. The monoisotopic (exact) mass is 134 g/mol. The van der Waals surface area contributed by atoms with Crippen molar-refractivity contribution in [2.45, 2.75) is 6.04 Å². The molecule has 0 aliphatic rings. The number of hydrogen-bond donors (Lipinski definition) is 2. The number of nitrogens with zero attached hydrogens (tertiary/aromatic N) is 1. The van der Waals surface area contributed by atoms with E-state index in [1.165, 1.54) is 0 Å². The van der Waals surface area contributed by atoms with Crippen LogP contribution in [0.1, 0.15) is 0 Å². The van der Waals surface area contributed by atoms with Crippen molar-refractivity contribution >= 4 is 18.5 Å². The lowest BCUT2D eigenvalue weighted by atomic mass is 10.3. The van der Waals surface area contributed by atoms with Crippen LogP contribution in [0.3, 0.4) is 0 Å². The second-order valence-electron chi connectivity index (χ2n) is 1.22. The van der Waals surface area contributed by atoms with E-state index >= 15 is 0 Å². The number of carbonyl (C=O) groups excluding carboxylic acids is 1. The molecule has 0 radical (unpaired) electrons. The van der Waals surface area contributed by atoms with Crippen LogP contribution in [0, 0.1) is 4.91 Å². The summed E-state index contributed by atoms with van der Waals surface area (Å²) < 4.78 is 0. The van der Waals surface area contributed by atoms with Gasteiger partial charge in [0.1, 0.15) is 0 Å². The van der Waals surface area contributed by atoms with Crippen LogP contribution in [0.2, 0.25) is 0 Å². The van der Waals surface area contributed by atoms with Gasteiger partial charge in [0, 0.05) is 10.9 Å². The summed E-state index contributed by atoms with van der Waals surface area (Å²) >= 11 is 3.66. The Hall–Kier alpha value is -0.420.